The van der Waals surface area contributed by atoms with Gasteiger partial charge in [-0.3, -0.25) is 19.3 Å². The van der Waals surface area contributed by atoms with Gasteiger partial charge in [0.25, 0.3) is 11.8 Å². The molecule has 1 N–H and O–H groups in total. The summed E-state index contributed by atoms with van der Waals surface area (Å²) in [5.41, 5.74) is 3.06. The highest BCUT2D eigenvalue weighted by Crippen LogP contribution is 2.40. The Labute approximate surface area is 224 Å². The lowest BCUT2D eigenvalue weighted by molar-refractivity contribution is -0.143. The van der Waals surface area contributed by atoms with Gasteiger partial charge < -0.3 is 14.8 Å². The van der Waals surface area contributed by atoms with Gasteiger partial charge in [-0.05, 0) is 78.9 Å². The summed E-state index contributed by atoms with van der Waals surface area (Å²) in [6.45, 7) is 7.42. The van der Waals surface area contributed by atoms with Gasteiger partial charge in [-0.25, -0.2) is 0 Å². The van der Waals surface area contributed by atoms with E-state index in [2.05, 4.69) is 19.2 Å². The summed E-state index contributed by atoms with van der Waals surface area (Å²) in [5, 5.41) is 5.17. The number of hydrogen-bond donors (Lipinski definition) is 1. The van der Waals surface area contributed by atoms with Crippen LogP contribution in [-0.4, -0.2) is 49.5 Å². The second kappa shape index (κ2) is 11.7. The molecule has 7 heteroatoms. The van der Waals surface area contributed by atoms with Crippen molar-refractivity contribution in [3.05, 3.63) is 71.3 Å². The standard InChI is InChI=1S/C31H36N2O5/c1-5-31(3,18-19-32-21-12-14-22(37-4)15-13-21)26-17-16-25-28-23(26)9-7-10-24(28)29(35)33(30(25)36)20-8-11-27(34)38-6-2/h7,9-10,12-17,32H,5-6,8,11,18-20H2,1-4H3. The Morgan fingerprint density at radius 1 is 0.974 bits per heavy atom. The number of esters is 1. The molecular formula is C31H36N2O5. The Morgan fingerprint density at radius 3 is 2.34 bits per heavy atom. The lowest BCUT2D eigenvalue weighted by Gasteiger charge is -2.33. The minimum Gasteiger partial charge on any atom is -0.497 e. The van der Waals surface area contributed by atoms with Crippen LogP contribution in [0.3, 0.4) is 0 Å². The van der Waals surface area contributed by atoms with Crippen LogP contribution in [0.25, 0.3) is 10.8 Å². The molecule has 0 spiro atoms. The van der Waals surface area contributed by atoms with E-state index in [4.69, 9.17) is 9.47 Å². The molecule has 4 rings (SSSR count). The Hall–Kier alpha value is -3.87. The second-order valence-electron chi connectivity index (χ2n) is 9.88. The Kier molecular flexibility index (Phi) is 8.35. The highest BCUT2D eigenvalue weighted by atomic mass is 16.5. The van der Waals surface area contributed by atoms with E-state index in [1.54, 1.807) is 20.1 Å². The molecule has 1 atom stereocenters. The average molecular weight is 517 g/mol. The summed E-state index contributed by atoms with van der Waals surface area (Å²) >= 11 is 0. The molecule has 1 unspecified atom stereocenters. The van der Waals surface area contributed by atoms with Crippen molar-refractivity contribution in [2.75, 3.05) is 32.1 Å². The molecule has 0 saturated heterocycles. The maximum absolute atomic E-state index is 13.4. The monoisotopic (exact) mass is 516 g/mol. The van der Waals surface area contributed by atoms with Gasteiger partial charge in [-0.15, -0.1) is 0 Å². The van der Waals surface area contributed by atoms with Gasteiger partial charge in [-0.1, -0.05) is 32.0 Å². The molecular weight excluding hydrogens is 480 g/mol. The molecule has 0 fully saturated rings. The summed E-state index contributed by atoms with van der Waals surface area (Å²) in [5.74, 6) is -0.127. The predicted molar refractivity (Wildman–Crippen MR) is 149 cm³/mol. The molecule has 1 aliphatic rings. The number of ether oxygens (including phenoxy) is 2. The summed E-state index contributed by atoms with van der Waals surface area (Å²) in [7, 11) is 1.65. The predicted octanol–water partition coefficient (Wildman–Crippen LogP) is 5.96. The summed E-state index contributed by atoms with van der Waals surface area (Å²) < 4.78 is 10.2. The molecule has 200 valence electrons. The van der Waals surface area contributed by atoms with Crippen LogP contribution in [0, 0.1) is 0 Å². The van der Waals surface area contributed by atoms with Crippen molar-refractivity contribution in [1.29, 1.82) is 0 Å². The van der Waals surface area contributed by atoms with E-state index in [1.807, 2.05) is 48.5 Å². The SMILES string of the molecule is CCOC(=O)CCCN1C(=O)c2cccc3c(C(C)(CC)CCNc4ccc(OC)cc4)ccc(c23)C1=O. The van der Waals surface area contributed by atoms with E-state index in [9.17, 15) is 14.4 Å². The highest BCUT2D eigenvalue weighted by Gasteiger charge is 2.35. The molecule has 3 aromatic rings. The fraction of sp³-hybridized carbons (Fsp3) is 0.387. The molecule has 1 aliphatic heterocycles. The number of benzene rings is 3. The molecule has 0 aromatic heterocycles. The number of carbonyl (C=O) groups excluding carboxylic acids is 3. The van der Waals surface area contributed by atoms with Crippen molar-refractivity contribution in [2.45, 2.75) is 51.9 Å². The summed E-state index contributed by atoms with van der Waals surface area (Å²) in [6.07, 6.45) is 2.31. The normalized spacial score (nSPS) is 14.4. The number of methoxy groups -OCH3 is 1. The molecule has 3 aromatic carbocycles. The van der Waals surface area contributed by atoms with E-state index >= 15 is 0 Å². The summed E-state index contributed by atoms with van der Waals surface area (Å²) in [4.78, 5) is 39.8. The van der Waals surface area contributed by atoms with E-state index in [-0.39, 0.29) is 36.2 Å². The lowest BCUT2D eigenvalue weighted by atomic mass is 9.74. The van der Waals surface area contributed by atoms with Crippen molar-refractivity contribution in [1.82, 2.24) is 4.90 Å². The van der Waals surface area contributed by atoms with Crippen LogP contribution in [0.15, 0.2) is 54.6 Å². The first-order valence-electron chi connectivity index (χ1n) is 13.3. The average Bonchev–Trinajstić information content (AvgIpc) is 2.93. The zero-order chi connectivity index (χ0) is 27.3. The first-order chi connectivity index (χ1) is 18.3. The topological polar surface area (TPSA) is 84.9 Å². The Balaban J connectivity index is 1.57. The minimum absolute atomic E-state index is 0.167. The first-order valence-corrected chi connectivity index (χ1v) is 13.3. The number of amides is 2. The van der Waals surface area contributed by atoms with Gasteiger partial charge in [0, 0.05) is 41.7 Å². The largest absolute Gasteiger partial charge is 0.497 e. The zero-order valence-corrected chi connectivity index (χ0v) is 22.6. The number of rotatable bonds is 12. The van der Waals surface area contributed by atoms with Crippen molar-refractivity contribution < 1.29 is 23.9 Å². The molecule has 38 heavy (non-hydrogen) atoms. The van der Waals surface area contributed by atoms with Crippen LogP contribution in [0.4, 0.5) is 5.69 Å². The maximum atomic E-state index is 13.4. The zero-order valence-electron chi connectivity index (χ0n) is 22.6. The fourth-order valence-corrected chi connectivity index (χ4v) is 5.18. The minimum atomic E-state index is -0.322. The third kappa shape index (κ3) is 5.37. The molecule has 0 aliphatic carbocycles. The highest BCUT2D eigenvalue weighted by molar-refractivity contribution is 6.25. The molecule has 2 amide bonds. The summed E-state index contributed by atoms with van der Waals surface area (Å²) in [6, 6.07) is 17.5. The van der Waals surface area contributed by atoms with Gasteiger partial charge in [0.2, 0.25) is 0 Å². The fourth-order valence-electron chi connectivity index (χ4n) is 5.18. The van der Waals surface area contributed by atoms with E-state index in [0.717, 1.165) is 47.2 Å². The van der Waals surface area contributed by atoms with Crippen molar-refractivity contribution >= 4 is 34.2 Å². The van der Waals surface area contributed by atoms with Gasteiger partial charge in [0.1, 0.15) is 5.75 Å². The first kappa shape index (κ1) is 27.2. The quantitative estimate of drug-likeness (QED) is 0.236. The van der Waals surface area contributed by atoms with Crippen LogP contribution in [0.1, 0.15) is 72.7 Å². The van der Waals surface area contributed by atoms with Gasteiger partial charge in [0.05, 0.1) is 13.7 Å². The second-order valence-corrected chi connectivity index (χ2v) is 9.88. The molecule has 0 bridgehead atoms. The molecule has 7 nitrogen and oxygen atoms in total. The van der Waals surface area contributed by atoms with Gasteiger partial charge in [-0.2, -0.15) is 0 Å². The molecule has 1 heterocycles. The number of imide groups is 1. The van der Waals surface area contributed by atoms with Crippen LogP contribution in [-0.2, 0) is 14.9 Å². The third-order valence-corrected chi connectivity index (χ3v) is 7.59. The van der Waals surface area contributed by atoms with Crippen molar-refractivity contribution in [2.24, 2.45) is 0 Å². The molecule has 0 saturated carbocycles. The number of hydrogen-bond acceptors (Lipinski definition) is 6. The smallest absolute Gasteiger partial charge is 0.305 e. The van der Waals surface area contributed by atoms with Gasteiger partial charge >= 0.3 is 5.97 Å². The Bertz CT molecular complexity index is 1310. The van der Waals surface area contributed by atoms with Crippen LogP contribution in [0.2, 0.25) is 0 Å². The Morgan fingerprint density at radius 2 is 1.68 bits per heavy atom. The van der Waals surface area contributed by atoms with E-state index in [1.165, 1.54) is 4.90 Å². The van der Waals surface area contributed by atoms with Crippen LogP contribution < -0.4 is 10.1 Å². The van der Waals surface area contributed by atoms with Crippen molar-refractivity contribution in [3.8, 4) is 5.75 Å². The van der Waals surface area contributed by atoms with E-state index in [0.29, 0.717) is 24.2 Å². The van der Waals surface area contributed by atoms with Crippen LogP contribution >= 0.6 is 0 Å². The maximum Gasteiger partial charge on any atom is 0.305 e. The van der Waals surface area contributed by atoms with Crippen LogP contribution in [0.5, 0.6) is 5.75 Å². The van der Waals surface area contributed by atoms with Crippen molar-refractivity contribution in [3.63, 3.8) is 0 Å². The van der Waals surface area contributed by atoms with E-state index < -0.39 is 0 Å². The third-order valence-electron chi connectivity index (χ3n) is 7.59. The molecule has 0 radical (unpaired) electrons. The number of nitrogens with zero attached hydrogens (tertiary/aromatic N) is 1. The number of anilines is 1. The number of nitrogens with one attached hydrogen (secondary N) is 1. The van der Waals surface area contributed by atoms with Gasteiger partial charge in [0.15, 0.2) is 0 Å². The lowest BCUT2D eigenvalue weighted by Crippen LogP contribution is -2.41. The number of carbonyl (C=O) groups is 3.